The van der Waals surface area contributed by atoms with Crippen LogP contribution in [0.2, 0.25) is 0 Å². The summed E-state index contributed by atoms with van der Waals surface area (Å²) in [4.78, 5) is 16.5. The second-order valence-electron chi connectivity index (χ2n) is 8.03. The van der Waals surface area contributed by atoms with Gasteiger partial charge in [0.2, 0.25) is 0 Å². The molecule has 1 rings (SSSR count). The molecule has 1 amide bonds. The van der Waals surface area contributed by atoms with Crippen LogP contribution in [0, 0.1) is 0 Å². The van der Waals surface area contributed by atoms with Crippen LogP contribution in [0.3, 0.4) is 0 Å². The molecule has 0 N–H and O–H groups in total. The monoisotopic (exact) mass is 314 g/mol. The van der Waals surface area contributed by atoms with Crippen LogP contribution in [0.5, 0.6) is 0 Å². The molecule has 0 fully saturated rings. The molecule has 1 aromatic rings. The van der Waals surface area contributed by atoms with Crippen LogP contribution >= 0.6 is 0 Å². The third kappa shape index (κ3) is 7.64. The van der Waals surface area contributed by atoms with Crippen molar-refractivity contribution in [3.63, 3.8) is 0 Å². The first-order valence-corrected chi connectivity index (χ1v) is 8.22. The van der Waals surface area contributed by atoms with Crippen molar-refractivity contribution in [2.24, 2.45) is 0 Å². The van der Waals surface area contributed by atoms with Crippen molar-refractivity contribution in [1.82, 2.24) is 9.80 Å². The fourth-order valence-electron chi connectivity index (χ4n) is 2.26. The first-order valence-electron chi connectivity index (χ1n) is 8.22. The lowest BCUT2D eigenvalue weighted by molar-refractivity contribution is 0.0227. The second kappa shape index (κ2) is 7.96. The minimum Gasteiger partial charge on any atom is -0.444 e. The van der Waals surface area contributed by atoms with Crippen LogP contribution in [0.1, 0.15) is 26.3 Å². The van der Waals surface area contributed by atoms with Crippen LogP contribution in [-0.2, 0) is 11.3 Å². The average Bonchev–Trinajstić information content (AvgIpc) is 2.36. The number of amides is 1. The zero-order valence-corrected chi connectivity index (χ0v) is 15.7. The zero-order chi connectivity index (χ0) is 17.7. The molecule has 124 valence electrons. The molecule has 0 atom stereocenters. The number of ether oxygens (including phenoxy) is 1. The van der Waals surface area contributed by atoms with E-state index in [4.69, 9.17) is 4.74 Å². The fourth-order valence-corrected chi connectivity index (χ4v) is 2.26. The third-order valence-corrected chi connectivity index (χ3v) is 3.42. The molecule has 0 aliphatic carbocycles. The normalized spacial score (nSPS) is 12.2. The van der Waals surface area contributed by atoms with Gasteiger partial charge < -0.3 is 14.5 Å². The molecule has 23 heavy (non-hydrogen) atoms. The predicted molar refractivity (Wildman–Crippen MR) is 104 cm³/mol. The van der Waals surface area contributed by atoms with Gasteiger partial charge in [0.15, 0.2) is 0 Å². The van der Waals surface area contributed by atoms with E-state index < -0.39 is 5.60 Å². The van der Waals surface area contributed by atoms with Gasteiger partial charge in [0.1, 0.15) is 29.1 Å². The Morgan fingerprint density at radius 3 is 2.13 bits per heavy atom. The Hall–Kier alpha value is -1.36. The van der Waals surface area contributed by atoms with Gasteiger partial charge in [0.25, 0.3) is 0 Å². The number of rotatable bonds is 6. The topological polar surface area (TPSA) is 32.8 Å². The lowest BCUT2D eigenvalue weighted by atomic mass is 9.48. The van der Waals surface area contributed by atoms with Gasteiger partial charge in [-0.25, -0.2) is 4.79 Å². The van der Waals surface area contributed by atoms with Crippen molar-refractivity contribution >= 4 is 29.6 Å². The molecular weight excluding hydrogens is 285 g/mol. The molecule has 0 aromatic heterocycles. The third-order valence-electron chi connectivity index (χ3n) is 3.42. The van der Waals surface area contributed by atoms with Crippen molar-refractivity contribution < 1.29 is 9.53 Å². The number of nitrogens with zero attached hydrogens (tertiary/aromatic N) is 2. The number of hydrogen-bond acceptors (Lipinski definition) is 3. The highest BCUT2D eigenvalue weighted by atomic mass is 16.6. The van der Waals surface area contributed by atoms with Gasteiger partial charge in [-0.2, -0.15) is 0 Å². The zero-order valence-electron chi connectivity index (χ0n) is 15.7. The summed E-state index contributed by atoms with van der Waals surface area (Å²) in [5.74, 6) is 0. The molecule has 0 aliphatic heterocycles. The van der Waals surface area contributed by atoms with Crippen molar-refractivity contribution in [1.29, 1.82) is 0 Å². The summed E-state index contributed by atoms with van der Waals surface area (Å²) < 4.78 is 5.55. The van der Waals surface area contributed by atoms with E-state index >= 15 is 0 Å². The summed E-state index contributed by atoms with van der Waals surface area (Å²) >= 11 is 0. The molecule has 0 bridgehead atoms. The number of carbonyl (C=O) groups is 1. The minimum atomic E-state index is -0.476. The van der Waals surface area contributed by atoms with Gasteiger partial charge in [0.05, 0.1) is 0 Å². The van der Waals surface area contributed by atoms with Crippen LogP contribution in [0.4, 0.5) is 4.79 Å². The number of likely N-dealkylation sites (N-methyl/N-ethyl adjacent to an activating group) is 1. The SMILES string of the molecule is BC(B)(B)N(CCN(C)Cc1ccccc1)C(=O)OC(C)(C)C. The van der Waals surface area contributed by atoms with Crippen molar-refractivity contribution in [2.45, 2.75) is 38.2 Å². The molecule has 0 unspecified atom stereocenters. The number of hydrogen-bond donors (Lipinski definition) is 0. The van der Waals surface area contributed by atoms with Crippen molar-refractivity contribution in [3.8, 4) is 0 Å². The highest BCUT2D eigenvalue weighted by Crippen LogP contribution is 2.14. The summed E-state index contributed by atoms with van der Waals surface area (Å²) in [5.41, 5.74) is 0.797. The van der Waals surface area contributed by atoms with Gasteiger partial charge in [-0.15, -0.1) is 0 Å². The lowest BCUT2D eigenvalue weighted by Crippen LogP contribution is -2.56. The Bertz CT molecular complexity index is 498. The molecule has 0 saturated carbocycles. The average molecular weight is 314 g/mol. The largest absolute Gasteiger partial charge is 0.444 e. The van der Waals surface area contributed by atoms with E-state index in [2.05, 4.69) is 24.1 Å². The molecule has 0 spiro atoms. The van der Waals surface area contributed by atoms with Crippen LogP contribution in [0.15, 0.2) is 30.3 Å². The van der Waals surface area contributed by atoms with E-state index in [9.17, 15) is 4.79 Å². The van der Waals surface area contributed by atoms with Gasteiger partial charge in [-0.1, -0.05) is 30.3 Å². The quantitative estimate of drug-likeness (QED) is 0.686. The maximum Gasteiger partial charge on any atom is 0.408 e. The molecule has 1 aromatic carbocycles. The molecule has 0 radical (unpaired) electrons. The Morgan fingerprint density at radius 2 is 1.65 bits per heavy atom. The summed E-state index contributed by atoms with van der Waals surface area (Å²) in [7, 11) is 8.18. The summed E-state index contributed by atoms with van der Waals surface area (Å²) in [6.07, 6.45) is -0.252. The highest BCUT2D eigenvalue weighted by Gasteiger charge is 2.30. The first-order chi connectivity index (χ1) is 10.5. The highest BCUT2D eigenvalue weighted by molar-refractivity contribution is 6.59. The number of carbonyl (C=O) groups excluding carboxylic acids is 1. The second-order valence-corrected chi connectivity index (χ2v) is 8.03. The van der Waals surface area contributed by atoms with Gasteiger partial charge in [-0.05, 0) is 38.6 Å². The number of benzene rings is 1. The van der Waals surface area contributed by atoms with Crippen molar-refractivity contribution in [3.05, 3.63) is 35.9 Å². The molecule has 7 heteroatoms. The maximum absolute atomic E-state index is 12.5. The van der Waals surface area contributed by atoms with Crippen molar-refractivity contribution in [2.75, 3.05) is 20.1 Å². The van der Waals surface area contributed by atoms with E-state index in [-0.39, 0.29) is 11.3 Å². The van der Waals surface area contributed by atoms with E-state index in [0.29, 0.717) is 6.54 Å². The van der Waals surface area contributed by atoms with E-state index in [1.165, 1.54) is 5.56 Å². The Labute approximate surface area is 143 Å². The summed E-state index contributed by atoms with van der Waals surface area (Å²) in [5, 5.41) is -0.268. The molecule has 0 heterocycles. The smallest absolute Gasteiger partial charge is 0.408 e. The predicted octanol–water partition coefficient (Wildman–Crippen LogP) is -0.134. The molecule has 4 nitrogen and oxygen atoms in total. The minimum absolute atomic E-state index is 0.252. The van der Waals surface area contributed by atoms with Crippen LogP contribution in [0.25, 0.3) is 0 Å². The Morgan fingerprint density at radius 1 is 1.09 bits per heavy atom. The Balaban J connectivity index is 2.62. The molecular formula is C16H29B3N2O2. The fraction of sp³-hybridized carbons (Fsp3) is 0.562. The van der Waals surface area contributed by atoms with Crippen LogP contribution < -0.4 is 0 Å². The Kier molecular flexibility index (Phi) is 6.81. The molecule has 0 aliphatic rings. The first kappa shape index (κ1) is 19.7. The van der Waals surface area contributed by atoms with Gasteiger partial charge in [-0.3, -0.25) is 0 Å². The van der Waals surface area contributed by atoms with E-state index in [1.807, 2.05) is 62.5 Å². The molecule has 0 saturated heterocycles. The van der Waals surface area contributed by atoms with E-state index in [1.54, 1.807) is 4.90 Å². The standard InChI is InChI=1S/C16H29B3N2O2/c1-15(2,3)23-14(22)21(16(17,18)19)11-10-20(4)12-13-8-6-5-7-9-13/h5-9H,10-12,17-19H2,1-4H3. The van der Waals surface area contributed by atoms with Crippen LogP contribution in [-0.4, -0.2) is 70.4 Å². The summed E-state index contributed by atoms with van der Waals surface area (Å²) in [6.45, 7) is 7.99. The van der Waals surface area contributed by atoms with Gasteiger partial charge in [0, 0.05) is 19.6 Å². The van der Waals surface area contributed by atoms with E-state index in [0.717, 1.165) is 13.1 Å². The maximum atomic E-state index is 12.5. The lowest BCUT2D eigenvalue weighted by Gasteiger charge is -2.38. The van der Waals surface area contributed by atoms with Gasteiger partial charge >= 0.3 is 6.09 Å². The summed E-state index contributed by atoms with van der Waals surface area (Å²) in [6, 6.07) is 10.3.